The molecule has 1 saturated heterocycles. The van der Waals surface area contributed by atoms with Gasteiger partial charge in [-0.1, -0.05) is 13.0 Å². The molecule has 1 aromatic carbocycles. The molecule has 0 spiro atoms. The number of benzene rings is 1. The number of nitrogens with zero attached hydrogens (tertiary/aromatic N) is 2. The van der Waals surface area contributed by atoms with Crippen molar-refractivity contribution in [2.75, 3.05) is 24.5 Å². The van der Waals surface area contributed by atoms with E-state index in [1.165, 1.54) is 6.07 Å². The van der Waals surface area contributed by atoms with Gasteiger partial charge in [0.15, 0.2) is 0 Å². The Kier molecular flexibility index (Phi) is 4.16. The molecule has 96 valence electrons. The van der Waals surface area contributed by atoms with Crippen LogP contribution in [0.2, 0.25) is 0 Å². The predicted molar refractivity (Wildman–Crippen MR) is 70.0 cm³/mol. The number of nitrogens with one attached hydrogen (secondary N) is 1. The average Bonchev–Trinajstić information content (AvgIpc) is 2.89. The molecule has 3 nitrogen and oxygen atoms in total. The summed E-state index contributed by atoms with van der Waals surface area (Å²) < 4.78 is 13.7. The number of hydrogen-bond acceptors (Lipinski definition) is 3. The first-order valence-corrected chi connectivity index (χ1v) is 6.44. The number of rotatable bonds is 4. The van der Waals surface area contributed by atoms with Crippen LogP contribution in [0.15, 0.2) is 18.2 Å². The molecule has 0 saturated carbocycles. The molecule has 1 aromatic rings. The van der Waals surface area contributed by atoms with Crippen molar-refractivity contribution in [1.29, 1.82) is 5.26 Å². The summed E-state index contributed by atoms with van der Waals surface area (Å²) in [7, 11) is 0. The molecule has 0 radical (unpaired) electrons. The summed E-state index contributed by atoms with van der Waals surface area (Å²) in [4.78, 5) is 2.17. The van der Waals surface area contributed by atoms with E-state index in [4.69, 9.17) is 5.26 Å². The maximum Gasteiger partial charge on any atom is 0.143 e. The molecule has 1 aliphatic rings. The molecular weight excluding hydrogens is 229 g/mol. The maximum atomic E-state index is 13.7. The lowest BCUT2D eigenvalue weighted by Crippen LogP contribution is -2.38. The first kappa shape index (κ1) is 12.8. The van der Waals surface area contributed by atoms with Gasteiger partial charge >= 0.3 is 0 Å². The van der Waals surface area contributed by atoms with Crippen molar-refractivity contribution < 1.29 is 4.39 Å². The maximum absolute atomic E-state index is 13.7. The molecular formula is C14H18FN3. The van der Waals surface area contributed by atoms with E-state index in [-0.39, 0.29) is 5.56 Å². The number of nitriles is 1. The highest BCUT2D eigenvalue weighted by atomic mass is 19.1. The van der Waals surface area contributed by atoms with Gasteiger partial charge in [-0.2, -0.15) is 5.26 Å². The summed E-state index contributed by atoms with van der Waals surface area (Å²) in [6.45, 7) is 4.84. The first-order valence-electron chi connectivity index (χ1n) is 6.44. The van der Waals surface area contributed by atoms with Crippen LogP contribution in [0, 0.1) is 17.1 Å². The Hall–Kier alpha value is -1.60. The van der Waals surface area contributed by atoms with Crippen LogP contribution in [0.1, 0.15) is 25.3 Å². The van der Waals surface area contributed by atoms with Crippen LogP contribution in [0.5, 0.6) is 0 Å². The van der Waals surface area contributed by atoms with E-state index >= 15 is 0 Å². The van der Waals surface area contributed by atoms with E-state index in [9.17, 15) is 4.39 Å². The Morgan fingerprint density at radius 1 is 1.56 bits per heavy atom. The van der Waals surface area contributed by atoms with Crippen molar-refractivity contribution in [3.8, 4) is 6.07 Å². The van der Waals surface area contributed by atoms with E-state index in [1.54, 1.807) is 6.07 Å². The smallest absolute Gasteiger partial charge is 0.143 e. The minimum absolute atomic E-state index is 0.165. The summed E-state index contributed by atoms with van der Waals surface area (Å²) >= 11 is 0. The fourth-order valence-electron chi connectivity index (χ4n) is 2.51. The molecule has 1 fully saturated rings. The third-order valence-electron chi connectivity index (χ3n) is 3.35. The van der Waals surface area contributed by atoms with Gasteiger partial charge in [-0.05, 0) is 31.5 Å². The molecule has 0 amide bonds. The average molecular weight is 247 g/mol. The van der Waals surface area contributed by atoms with Crippen LogP contribution in [0.4, 0.5) is 10.1 Å². The standard InChI is InChI=1S/C14H18FN3/c1-2-8-18(11-6-7-17-10-11)14-5-3-4-13(15)12(14)9-16/h3-5,11,17H,2,6-8,10H2,1H3. The van der Waals surface area contributed by atoms with Crippen LogP contribution >= 0.6 is 0 Å². The highest BCUT2D eigenvalue weighted by Gasteiger charge is 2.24. The van der Waals surface area contributed by atoms with E-state index < -0.39 is 5.82 Å². The molecule has 1 N–H and O–H groups in total. The van der Waals surface area contributed by atoms with Crippen molar-refractivity contribution in [3.05, 3.63) is 29.6 Å². The fraction of sp³-hybridized carbons (Fsp3) is 0.500. The largest absolute Gasteiger partial charge is 0.366 e. The van der Waals surface area contributed by atoms with E-state index in [1.807, 2.05) is 12.1 Å². The Morgan fingerprint density at radius 2 is 2.39 bits per heavy atom. The van der Waals surface area contributed by atoms with Gasteiger partial charge in [-0.3, -0.25) is 0 Å². The molecule has 0 aromatic heterocycles. The molecule has 1 heterocycles. The molecule has 1 atom stereocenters. The molecule has 18 heavy (non-hydrogen) atoms. The van der Waals surface area contributed by atoms with Crippen LogP contribution in [-0.4, -0.2) is 25.7 Å². The minimum Gasteiger partial charge on any atom is -0.366 e. The Balaban J connectivity index is 2.36. The quantitative estimate of drug-likeness (QED) is 0.887. The van der Waals surface area contributed by atoms with Crippen LogP contribution in [-0.2, 0) is 0 Å². The first-order chi connectivity index (χ1) is 8.77. The number of halogens is 1. The number of hydrogen-bond donors (Lipinski definition) is 1. The second kappa shape index (κ2) is 5.83. The normalized spacial score (nSPS) is 18.6. The third-order valence-corrected chi connectivity index (χ3v) is 3.35. The topological polar surface area (TPSA) is 39.1 Å². The zero-order valence-electron chi connectivity index (χ0n) is 10.6. The van der Waals surface area contributed by atoms with E-state index in [2.05, 4.69) is 17.1 Å². The second-order valence-electron chi connectivity index (χ2n) is 4.59. The van der Waals surface area contributed by atoms with Gasteiger partial charge in [0.05, 0.1) is 5.69 Å². The van der Waals surface area contributed by atoms with E-state index in [0.717, 1.165) is 38.2 Å². The Labute approximate surface area is 107 Å². The lowest BCUT2D eigenvalue weighted by molar-refractivity contribution is 0.605. The van der Waals surface area contributed by atoms with Gasteiger partial charge in [0.1, 0.15) is 17.4 Å². The summed E-state index contributed by atoms with van der Waals surface area (Å²) in [5.41, 5.74) is 0.894. The van der Waals surface area contributed by atoms with Crippen molar-refractivity contribution in [1.82, 2.24) is 5.32 Å². The van der Waals surface area contributed by atoms with Crippen molar-refractivity contribution in [2.45, 2.75) is 25.8 Å². The number of anilines is 1. The van der Waals surface area contributed by atoms with Gasteiger partial charge < -0.3 is 10.2 Å². The van der Waals surface area contributed by atoms with Crippen molar-refractivity contribution in [2.24, 2.45) is 0 Å². The molecule has 1 unspecified atom stereocenters. The highest BCUT2D eigenvalue weighted by molar-refractivity contribution is 5.60. The van der Waals surface area contributed by atoms with Gasteiger partial charge in [0, 0.05) is 19.1 Å². The summed E-state index contributed by atoms with van der Waals surface area (Å²) in [5.74, 6) is -0.429. The van der Waals surface area contributed by atoms with Gasteiger partial charge in [-0.25, -0.2) is 4.39 Å². The molecule has 0 bridgehead atoms. The zero-order chi connectivity index (χ0) is 13.0. The summed E-state index contributed by atoms with van der Waals surface area (Å²) in [5, 5.41) is 12.4. The fourth-order valence-corrected chi connectivity index (χ4v) is 2.51. The van der Waals surface area contributed by atoms with Crippen molar-refractivity contribution in [3.63, 3.8) is 0 Å². The van der Waals surface area contributed by atoms with Crippen LogP contribution in [0.3, 0.4) is 0 Å². The molecule has 0 aliphatic carbocycles. The Bertz CT molecular complexity index is 447. The molecule has 1 aliphatic heterocycles. The highest BCUT2D eigenvalue weighted by Crippen LogP contribution is 2.26. The second-order valence-corrected chi connectivity index (χ2v) is 4.59. The van der Waals surface area contributed by atoms with Crippen LogP contribution < -0.4 is 10.2 Å². The predicted octanol–water partition coefficient (Wildman–Crippen LogP) is 2.28. The Morgan fingerprint density at radius 3 is 3.00 bits per heavy atom. The van der Waals surface area contributed by atoms with Crippen molar-refractivity contribution >= 4 is 5.69 Å². The summed E-state index contributed by atoms with van der Waals surface area (Å²) in [6.07, 6.45) is 2.03. The van der Waals surface area contributed by atoms with Gasteiger partial charge in [0.2, 0.25) is 0 Å². The summed E-state index contributed by atoms with van der Waals surface area (Å²) in [6, 6.07) is 7.22. The van der Waals surface area contributed by atoms with E-state index in [0.29, 0.717) is 6.04 Å². The molecule has 2 rings (SSSR count). The zero-order valence-corrected chi connectivity index (χ0v) is 10.6. The van der Waals surface area contributed by atoms with Gasteiger partial charge in [-0.15, -0.1) is 0 Å². The van der Waals surface area contributed by atoms with Gasteiger partial charge in [0.25, 0.3) is 0 Å². The van der Waals surface area contributed by atoms with Crippen LogP contribution in [0.25, 0.3) is 0 Å². The minimum atomic E-state index is -0.429. The monoisotopic (exact) mass is 247 g/mol. The lowest BCUT2D eigenvalue weighted by atomic mass is 10.1. The third kappa shape index (κ3) is 2.46. The lowest BCUT2D eigenvalue weighted by Gasteiger charge is -2.31. The SMILES string of the molecule is CCCN(c1cccc(F)c1C#N)C1CCNC1. The molecule has 4 heteroatoms.